The van der Waals surface area contributed by atoms with Gasteiger partial charge >= 0.3 is 0 Å². The normalized spacial score (nSPS) is 10.9. The second-order valence-electron chi connectivity index (χ2n) is 5.37. The number of aromatic nitrogens is 1. The van der Waals surface area contributed by atoms with Gasteiger partial charge in [0.2, 0.25) is 0 Å². The Kier molecular flexibility index (Phi) is 4.66. The zero-order valence-corrected chi connectivity index (χ0v) is 13.2. The lowest BCUT2D eigenvalue weighted by Crippen LogP contribution is -1.98. The van der Waals surface area contributed by atoms with E-state index in [0.29, 0.717) is 11.8 Å². The first-order valence-corrected chi connectivity index (χ1v) is 7.34. The lowest BCUT2D eigenvalue weighted by atomic mass is 10.0. The van der Waals surface area contributed by atoms with E-state index in [-0.39, 0.29) is 0 Å². The fourth-order valence-corrected chi connectivity index (χ4v) is 2.28. The molecule has 2 rings (SSSR count). The fraction of sp³-hybridized carbons (Fsp3) is 0.353. The third-order valence-corrected chi connectivity index (χ3v) is 3.52. The van der Waals surface area contributed by atoms with Crippen LogP contribution in [-0.2, 0) is 5.88 Å². The molecule has 0 amide bonds. The highest BCUT2D eigenvalue weighted by molar-refractivity contribution is 6.17. The topological polar surface area (TPSA) is 22.1 Å². The summed E-state index contributed by atoms with van der Waals surface area (Å²) in [5, 5.41) is 0. The van der Waals surface area contributed by atoms with Gasteiger partial charge in [0.1, 0.15) is 11.5 Å². The van der Waals surface area contributed by atoms with Gasteiger partial charge < -0.3 is 4.74 Å². The second kappa shape index (κ2) is 6.27. The minimum absolute atomic E-state index is 0.394. The number of rotatable bonds is 4. The molecule has 0 saturated heterocycles. The van der Waals surface area contributed by atoms with E-state index in [1.807, 2.05) is 13.0 Å². The number of alkyl halides is 1. The predicted octanol–water partition coefficient (Wildman–Crippen LogP) is 5.35. The fourth-order valence-electron chi connectivity index (χ4n) is 2.08. The van der Waals surface area contributed by atoms with E-state index in [1.54, 1.807) is 6.20 Å². The van der Waals surface area contributed by atoms with Crippen molar-refractivity contribution in [3.63, 3.8) is 0 Å². The van der Waals surface area contributed by atoms with Crippen LogP contribution in [0.2, 0.25) is 0 Å². The van der Waals surface area contributed by atoms with Gasteiger partial charge in [-0.15, -0.1) is 11.6 Å². The van der Waals surface area contributed by atoms with Gasteiger partial charge in [0, 0.05) is 23.5 Å². The van der Waals surface area contributed by atoms with Crippen LogP contribution >= 0.6 is 11.6 Å². The summed E-state index contributed by atoms with van der Waals surface area (Å²) in [6.45, 7) is 8.34. The van der Waals surface area contributed by atoms with Crippen LogP contribution < -0.4 is 4.74 Å². The van der Waals surface area contributed by atoms with Gasteiger partial charge in [0.25, 0.3) is 0 Å². The lowest BCUT2D eigenvalue weighted by Gasteiger charge is -2.16. The Morgan fingerprint density at radius 2 is 1.90 bits per heavy atom. The van der Waals surface area contributed by atoms with Gasteiger partial charge in [-0.25, -0.2) is 0 Å². The summed E-state index contributed by atoms with van der Waals surface area (Å²) in [5.74, 6) is 2.50. The molecule has 0 aliphatic carbocycles. The van der Waals surface area contributed by atoms with Gasteiger partial charge in [0.05, 0.1) is 5.88 Å². The van der Waals surface area contributed by atoms with Crippen LogP contribution in [0.1, 0.15) is 42.1 Å². The van der Waals surface area contributed by atoms with E-state index in [0.717, 1.165) is 22.8 Å². The van der Waals surface area contributed by atoms with E-state index in [2.05, 4.69) is 44.0 Å². The van der Waals surface area contributed by atoms with Crippen LogP contribution in [0.3, 0.4) is 0 Å². The zero-order valence-electron chi connectivity index (χ0n) is 12.4. The summed E-state index contributed by atoms with van der Waals surface area (Å²) in [4.78, 5) is 4.26. The van der Waals surface area contributed by atoms with Crippen LogP contribution in [-0.4, -0.2) is 4.98 Å². The zero-order chi connectivity index (χ0) is 14.7. The molecule has 0 atom stereocenters. The number of halogens is 1. The van der Waals surface area contributed by atoms with Crippen LogP contribution in [0.5, 0.6) is 11.5 Å². The summed E-state index contributed by atoms with van der Waals surface area (Å²) in [6, 6.07) is 8.25. The highest BCUT2D eigenvalue weighted by Crippen LogP contribution is 2.33. The number of pyridine rings is 1. The summed E-state index contributed by atoms with van der Waals surface area (Å²) in [5.41, 5.74) is 4.22. The molecule has 2 aromatic rings. The van der Waals surface area contributed by atoms with Gasteiger partial charge in [-0.3, -0.25) is 4.98 Å². The first-order valence-electron chi connectivity index (χ1n) is 6.81. The quantitative estimate of drug-likeness (QED) is 0.708. The minimum atomic E-state index is 0.394. The SMILES string of the molecule is Cc1ccc(C(C)C)c(Oc2cc(C)ncc2CCl)c1. The first-order chi connectivity index (χ1) is 9.51. The van der Waals surface area contributed by atoms with Crippen molar-refractivity contribution in [3.8, 4) is 11.5 Å². The average molecular weight is 290 g/mol. The number of aryl methyl sites for hydroxylation is 2. The van der Waals surface area contributed by atoms with Gasteiger partial charge in [-0.2, -0.15) is 0 Å². The Morgan fingerprint density at radius 1 is 1.15 bits per heavy atom. The lowest BCUT2D eigenvalue weighted by molar-refractivity contribution is 0.467. The van der Waals surface area contributed by atoms with Crippen molar-refractivity contribution >= 4 is 11.6 Å². The Bertz CT molecular complexity index is 608. The molecule has 0 fully saturated rings. The van der Waals surface area contributed by atoms with E-state index in [4.69, 9.17) is 16.3 Å². The molecule has 0 spiro atoms. The van der Waals surface area contributed by atoms with Crippen molar-refractivity contribution in [2.75, 3.05) is 0 Å². The summed E-state index contributed by atoms with van der Waals surface area (Å²) in [7, 11) is 0. The number of ether oxygens (including phenoxy) is 1. The van der Waals surface area contributed by atoms with Crippen molar-refractivity contribution in [2.45, 2.75) is 39.5 Å². The predicted molar refractivity (Wildman–Crippen MR) is 83.9 cm³/mol. The molecule has 1 aromatic carbocycles. The standard InChI is InChI=1S/C17H20ClNO/c1-11(2)15-6-5-12(3)7-17(15)20-16-8-13(4)19-10-14(16)9-18/h5-8,10-11H,9H2,1-4H3. The average Bonchev–Trinajstić information content (AvgIpc) is 2.38. The molecule has 1 heterocycles. The summed E-state index contributed by atoms with van der Waals surface area (Å²) in [6.07, 6.45) is 1.78. The second-order valence-corrected chi connectivity index (χ2v) is 5.63. The molecule has 2 nitrogen and oxygen atoms in total. The Morgan fingerprint density at radius 3 is 2.55 bits per heavy atom. The van der Waals surface area contributed by atoms with Crippen LogP contribution in [0.15, 0.2) is 30.5 Å². The Labute approximate surface area is 125 Å². The van der Waals surface area contributed by atoms with Crippen molar-refractivity contribution in [1.29, 1.82) is 0 Å². The van der Waals surface area contributed by atoms with Crippen molar-refractivity contribution in [1.82, 2.24) is 4.98 Å². The highest BCUT2D eigenvalue weighted by atomic mass is 35.5. The Hall–Kier alpha value is -1.54. The molecular formula is C17H20ClNO. The number of benzene rings is 1. The molecule has 0 unspecified atom stereocenters. The molecule has 0 aliphatic heterocycles. The van der Waals surface area contributed by atoms with Crippen molar-refractivity contribution < 1.29 is 4.74 Å². The Balaban J connectivity index is 2.44. The molecular weight excluding hydrogens is 270 g/mol. The largest absolute Gasteiger partial charge is 0.457 e. The minimum Gasteiger partial charge on any atom is -0.457 e. The molecule has 106 valence electrons. The number of hydrogen-bond donors (Lipinski definition) is 0. The molecule has 0 aliphatic rings. The number of hydrogen-bond acceptors (Lipinski definition) is 2. The maximum Gasteiger partial charge on any atom is 0.135 e. The van der Waals surface area contributed by atoms with Gasteiger partial charge in [-0.05, 0) is 37.0 Å². The van der Waals surface area contributed by atoms with E-state index in [9.17, 15) is 0 Å². The third kappa shape index (κ3) is 3.31. The molecule has 0 saturated carbocycles. The highest BCUT2D eigenvalue weighted by Gasteiger charge is 2.11. The van der Waals surface area contributed by atoms with Crippen LogP contribution in [0.4, 0.5) is 0 Å². The van der Waals surface area contributed by atoms with Gasteiger partial charge in [-0.1, -0.05) is 26.0 Å². The summed E-state index contributed by atoms with van der Waals surface area (Å²) < 4.78 is 6.13. The van der Waals surface area contributed by atoms with Crippen molar-refractivity contribution in [2.24, 2.45) is 0 Å². The maximum atomic E-state index is 6.13. The van der Waals surface area contributed by atoms with Crippen molar-refractivity contribution in [3.05, 3.63) is 52.8 Å². The monoisotopic (exact) mass is 289 g/mol. The molecule has 0 bridgehead atoms. The summed E-state index contributed by atoms with van der Waals surface area (Å²) >= 11 is 5.96. The molecule has 0 radical (unpaired) electrons. The molecule has 0 N–H and O–H groups in total. The molecule has 1 aromatic heterocycles. The number of nitrogens with zero attached hydrogens (tertiary/aromatic N) is 1. The van der Waals surface area contributed by atoms with E-state index < -0.39 is 0 Å². The maximum absolute atomic E-state index is 6.13. The molecule has 20 heavy (non-hydrogen) atoms. The van der Waals surface area contributed by atoms with Gasteiger partial charge in [0.15, 0.2) is 0 Å². The van der Waals surface area contributed by atoms with Crippen LogP contribution in [0, 0.1) is 13.8 Å². The van der Waals surface area contributed by atoms with E-state index >= 15 is 0 Å². The van der Waals surface area contributed by atoms with Crippen LogP contribution in [0.25, 0.3) is 0 Å². The van der Waals surface area contributed by atoms with E-state index in [1.165, 1.54) is 11.1 Å². The first kappa shape index (κ1) is 14.9. The molecule has 3 heteroatoms. The third-order valence-electron chi connectivity index (χ3n) is 3.24. The smallest absolute Gasteiger partial charge is 0.135 e.